The zero-order valence-electron chi connectivity index (χ0n) is 26.0. The molecule has 2 aromatic carbocycles. The zero-order chi connectivity index (χ0) is 31.5. The highest BCUT2D eigenvalue weighted by molar-refractivity contribution is 6.19. The fourth-order valence-corrected chi connectivity index (χ4v) is 5.44. The summed E-state index contributed by atoms with van der Waals surface area (Å²) < 4.78 is 17.5. The summed E-state index contributed by atoms with van der Waals surface area (Å²) in [6.45, 7) is 2.52. The molecule has 1 aliphatic rings. The van der Waals surface area contributed by atoms with E-state index in [1.807, 2.05) is 0 Å². The molecule has 1 unspecified atom stereocenters. The lowest BCUT2D eigenvalue weighted by molar-refractivity contribution is -0.122. The molecule has 0 N–H and O–H groups in total. The van der Waals surface area contributed by atoms with E-state index in [1.165, 1.54) is 94.7 Å². The normalized spacial score (nSPS) is 14.7. The summed E-state index contributed by atoms with van der Waals surface area (Å²) in [5.74, 6) is -1.14. The third kappa shape index (κ3) is 7.84. The molecule has 0 saturated carbocycles. The van der Waals surface area contributed by atoms with Gasteiger partial charge in [-0.05, 0) is 36.8 Å². The number of benzene rings is 2. The minimum absolute atomic E-state index is 0.00788. The Morgan fingerprint density at radius 1 is 0.886 bits per heavy atom. The van der Waals surface area contributed by atoms with E-state index in [1.54, 1.807) is 24.3 Å². The van der Waals surface area contributed by atoms with E-state index in [0.29, 0.717) is 10.9 Å². The molecule has 4 rings (SSSR count). The monoisotopic (exact) mass is 605 g/mol. The number of aromatic nitrogens is 2. The van der Waals surface area contributed by atoms with Crippen molar-refractivity contribution in [2.45, 2.75) is 90.1 Å². The summed E-state index contributed by atoms with van der Waals surface area (Å²) in [4.78, 5) is 57.5. The summed E-state index contributed by atoms with van der Waals surface area (Å²) in [7, 11) is 2.86. The maximum Gasteiger partial charge on any atom is 0.422 e. The summed E-state index contributed by atoms with van der Waals surface area (Å²) in [5.41, 5.74) is 0.211. The Morgan fingerprint density at radius 2 is 1.52 bits per heavy atom. The number of anilines is 1. The van der Waals surface area contributed by atoms with Crippen molar-refractivity contribution in [3.63, 3.8) is 0 Å². The average Bonchev–Trinajstić information content (AvgIpc) is 3.33. The molecular formula is C34H43N3O7. The van der Waals surface area contributed by atoms with Gasteiger partial charge in [0.25, 0.3) is 11.5 Å². The number of amides is 2. The summed E-state index contributed by atoms with van der Waals surface area (Å²) in [6.07, 6.45) is 12.1. The van der Waals surface area contributed by atoms with Crippen LogP contribution in [0.15, 0.2) is 47.3 Å². The highest BCUT2D eigenvalue weighted by Gasteiger charge is 2.46. The second kappa shape index (κ2) is 16.0. The molecule has 1 atom stereocenters. The predicted molar refractivity (Wildman–Crippen MR) is 168 cm³/mol. The molecule has 0 radical (unpaired) electrons. The lowest BCUT2D eigenvalue weighted by Crippen LogP contribution is -2.32. The van der Waals surface area contributed by atoms with Crippen LogP contribution in [-0.2, 0) is 21.3 Å². The van der Waals surface area contributed by atoms with Gasteiger partial charge in [-0.3, -0.25) is 14.2 Å². The van der Waals surface area contributed by atoms with E-state index >= 15 is 0 Å². The fourth-order valence-electron chi connectivity index (χ4n) is 5.44. The fraction of sp³-hybridized carbons (Fsp3) is 0.500. The van der Waals surface area contributed by atoms with Gasteiger partial charge in [0.2, 0.25) is 6.10 Å². The molecule has 0 spiro atoms. The van der Waals surface area contributed by atoms with Crippen LogP contribution in [0.4, 0.5) is 10.5 Å². The highest BCUT2D eigenvalue weighted by Crippen LogP contribution is 2.37. The molecule has 10 nitrogen and oxygen atoms in total. The van der Waals surface area contributed by atoms with Gasteiger partial charge in [0, 0.05) is 7.05 Å². The molecule has 236 valence electrons. The number of hydrogen-bond donors (Lipinski definition) is 0. The Bertz CT molecular complexity index is 1520. The standard InChI is InChI=1S/C34H43N3O7/c1-4-5-6-7-8-9-10-11-12-13-14-17-22-43-33(40)24-20-21-28(42-3)27(23-24)37-32(39)29(44-34(37)41)30-35-26-19-16-15-18-25(26)31(38)36(30)2/h15-16,18-21,23,29H,4-14,17,22H2,1-3H3. The quantitative estimate of drug-likeness (QED) is 0.119. The van der Waals surface area contributed by atoms with Gasteiger partial charge in [-0.25, -0.2) is 19.5 Å². The van der Waals surface area contributed by atoms with Gasteiger partial charge in [-0.1, -0.05) is 89.7 Å². The Balaban J connectivity index is 1.33. The Kier molecular flexibility index (Phi) is 11.9. The SMILES string of the molecule is CCCCCCCCCCCCCCOC(=O)c1ccc(OC)c(N2C(=O)OC(c3nc4ccccc4c(=O)n3C)C2=O)c1. The maximum absolute atomic E-state index is 13.5. The molecular weight excluding hydrogens is 562 g/mol. The third-order valence-electron chi connectivity index (χ3n) is 7.98. The number of nitrogens with zero attached hydrogens (tertiary/aromatic N) is 3. The van der Waals surface area contributed by atoms with Crippen LogP contribution in [0.5, 0.6) is 5.75 Å². The van der Waals surface area contributed by atoms with E-state index in [2.05, 4.69) is 11.9 Å². The first kappa shape index (κ1) is 32.7. The maximum atomic E-state index is 13.5. The zero-order valence-corrected chi connectivity index (χ0v) is 26.0. The van der Waals surface area contributed by atoms with E-state index in [4.69, 9.17) is 14.2 Å². The van der Waals surface area contributed by atoms with Gasteiger partial charge in [0.15, 0.2) is 5.82 Å². The number of ether oxygens (including phenoxy) is 3. The number of hydrogen-bond acceptors (Lipinski definition) is 8. The van der Waals surface area contributed by atoms with E-state index in [-0.39, 0.29) is 35.0 Å². The first-order valence-corrected chi connectivity index (χ1v) is 15.7. The number of fused-ring (bicyclic) bond motifs is 1. The van der Waals surface area contributed by atoms with Gasteiger partial charge in [-0.15, -0.1) is 0 Å². The van der Waals surface area contributed by atoms with Crippen LogP contribution in [0.25, 0.3) is 10.9 Å². The molecule has 1 fully saturated rings. The van der Waals surface area contributed by atoms with Crippen LogP contribution >= 0.6 is 0 Å². The number of para-hydroxylation sites is 1. The van der Waals surface area contributed by atoms with Crippen molar-refractivity contribution < 1.29 is 28.6 Å². The number of methoxy groups -OCH3 is 1. The smallest absolute Gasteiger partial charge is 0.422 e. The number of esters is 1. The molecule has 2 heterocycles. The number of rotatable bonds is 17. The van der Waals surface area contributed by atoms with Crippen LogP contribution in [0.1, 0.15) is 106 Å². The molecule has 2 amide bonds. The van der Waals surface area contributed by atoms with Gasteiger partial charge >= 0.3 is 12.1 Å². The van der Waals surface area contributed by atoms with Crippen molar-refractivity contribution in [1.82, 2.24) is 9.55 Å². The van der Waals surface area contributed by atoms with Crippen molar-refractivity contribution in [3.8, 4) is 5.75 Å². The largest absolute Gasteiger partial charge is 0.495 e. The molecule has 3 aromatic rings. The number of imide groups is 1. The number of carbonyl (C=O) groups is 3. The van der Waals surface area contributed by atoms with Gasteiger partial charge in [0.1, 0.15) is 5.75 Å². The molecule has 0 aliphatic carbocycles. The first-order valence-electron chi connectivity index (χ1n) is 15.7. The summed E-state index contributed by atoms with van der Waals surface area (Å²) >= 11 is 0. The highest BCUT2D eigenvalue weighted by atomic mass is 16.6. The predicted octanol–water partition coefficient (Wildman–Crippen LogP) is 7.02. The second-order valence-corrected chi connectivity index (χ2v) is 11.2. The van der Waals surface area contributed by atoms with Gasteiger partial charge in [-0.2, -0.15) is 0 Å². The topological polar surface area (TPSA) is 117 Å². The van der Waals surface area contributed by atoms with Crippen LogP contribution < -0.4 is 15.2 Å². The molecule has 1 aliphatic heterocycles. The number of carbonyl (C=O) groups excluding carboxylic acids is 3. The van der Waals surface area contributed by atoms with Crippen molar-refractivity contribution in [1.29, 1.82) is 0 Å². The summed E-state index contributed by atoms with van der Waals surface area (Å²) in [5, 5.41) is 0.378. The molecule has 10 heteroatoms. The molecule has 44 heavy (non-hydrogen) atoms. The van der Waals surface area contributed by atoms with Crippen molar-refractivity contribution in [3.05, 3.63) is 64.2 Å². The number of unbranched alkanes of at least 4 members (excludes halogenated alkanes) is 11. The Morgan fingerprint density at radius 3 is 2.18 bits per heavy atom. The minimum Gasteiger partial charge on any atom is -0.495 e. The van der Waals surface area contributed by atoms with Gasteiger partial charge < -0.3 is 14.2 Å². The van der Waals surface area contributed by atoms with Crippen molar-refractivity contribution in [2.24, 2.45) is 7.05 Å². The third-order valence-corrected chi connectivity index (χ3v) is 7.98. The average molecular weight is 606 g/mol. The second-order valence-electron chi connectivity index (χ2n) is 11.2. The van der Waals surface area contributed by atoms with Crippen LogP contribution in [0.2, 0.25) is 0 Å². The summed E-state index contributed by atoms with van der Waals surface area (Å²) in [6, 6.07) is 11.1. The minimum atomic E-state index is -1.45. The Labute approximate surface area is 258 Å². The molecule has 1 aromatic heterocycles. The Hall–Kier alpha value is -4.21. The van der Waals surface area contributed by atoms with Crippen molar-refractivity contribution in [2.75, 3.05) is 18.6 Å². The van der Waals surface area contributed by atoms with E-state index in [9.17, 15) is 19.2 Å². The first-order chi connectivity index (χ1) is 21.4. The van der Waals surface area contributed by atoms with Crippen molar-refractivity contribution >= 4 is 34.6 Å². The van der Waals surface area contributed by atoms with Crippen LogP contribution in [-0.4, -0.2) is 41.2 Å². The van der Waals surface area contributed by atoms with Crippen LogP contribution in [0, 0.1) is 0 Å². The molecule has 0 bridgehead atoms. The van der Waals surface area contributed by atoms with E-state index < -0.39 is 24.1 Å². The lowest BCUT2D eigenvalue weighted by Gasteiger charge is -2.16. The van der Waals surface area contributed by atoms with Crippen LogP contribution in [0.3, 0.4) is 0 Å². The van der Waals surface area contributed by atoms with E-state index in [0.717, 1.165) is 24.2 Å². The number of cyclic esters (lactones) is 1. The lowest BCUT2D eigenvalue weighted by atomic mass is 10.1. The van der Waals surface area contributed by atoms with Gasteiger partial charge in [0.05, 0.1) is 35.9 Å². The molecule has 1 saturated heterocycles.